The first-order valence-corrected chi connectivity index (χ1v) is 11.4. The minimum Gasteiger partial charge on any atom is -0.476 e. The summed E-state index contributed by atoms with van der Waals surface area (Å²) >= 11 is 0. The first kappa shape index (κ1) is 18.7. The molecule has 0 bridgehead atoms. The second-order valence-corrected chi connectivity index (χ2v) is 10.4. The van der Waals surface area contributed by atoms with E-state index in [-0.39, 0.29) is 5.41 Å². The monoisotopic (exact) mass is 414 g/mol. The van der Waals surface area contributed by atoms with Gasteiger partial charge in [0.05, 0.1) is 29.9 Å². The molecule has 1 unspecified atom stereocenters. The second kappa shape index (κ2) is 6.58. The Balaban J connectivity index is 1.42. The second-order valence-electron chi connectivity index (χ2n) is 9.17. The van der Waals surface area contributed by atoms with E-state index in [1.54, 1.807) is 4.68 Å². The third-order valence-corrected chi connectivity index (χ3v) is 7.20. The largest absolute Gasteiger partial charge is 0.476 e. The fourth-order valence-corrected chi connectivity index (χ4v) is 5.55. The number of urea groups is 1. The van der Waals surface area contributed by atoms with Crippen molar-refractivity contribution in [3.63, 3.8) is 0 Å². The summed E-state index contributed by atoms with van der Waals surface area (Å²) in [5.74, 6) is 0.889. The van der Waals surface area contributed by atoms with Crippen LogP contribution in [-0.2, 0) is 36.4 Å². The predicted molar refractivity (Wildman–Crippen MR) is 111 cm³/mol. The van der Waals surface area contributed by atoms with Gasteiger partial charge in [-0.05, 0) is 53.9 Å². The van der Waals surface area contributed by atoms with Gasteiger partial charge in [-0.2, -0.15) is 5.10 Å². The number of ether oxygens (including phenoxy) is 1. The van der Waals surface area contributed by atoms with Crippen molar-refractivity contribution in [3.05, 3.63) is 34.5 Å². The Morgan fingerprint density at radius 1 is 1.38 bits per heavy atom. The molecule has 2 aliphatic carbocycles. The summed E-state index contributed by atoms with van der Waals surface area (Å²) in [6, 6.07) is 1.73. The number of rotatable bonds is 2. The highest BCUT2D eigenvalue weighted by Crippen LogP contribution is 2.45. The van der Waals surface area contributed by atoms with Crippen molar-refractivity contribution in [2.24, 2.45) is 9.78 Å². The van der Waals surface area contributed by atoms with Crippen molar-refractivity contribution < 1.29 is 13.7 Å². The molecule has 29 heavy (non-hydrogen) atoms. The van der Waals surface area contributed by atoms with Gasteiger partial charge in [0.2, 0.25) is 5.88 Å². The standard InChI is InChI=1S/C21H26N4O3S/c1-12-7-14-8-13-5-4-6-15(13)18(17(12)14)23-20(26)24-29(27)16-9-22-25-10-21(2,3)11-28-19(16)25/h8-9,12,29H,4-7,10-11H2,1-3H3,(H,23,26)/t12-/m1/s1. The number of fused-ring (bicyclic) bond motifs is 3. The van der Waals surface area contributed by atoms with Crippen LogP contribution in [0.15, 0.2) is 21.5 Å². The van der Waals surface area contributed by atoms with Crippen LogP contribution in [0.4, 0.5) is 10.5 Å². The Kier molecular flexibility index (Phi) is 4.24. The van der Waals surface area contributed by atoms with Gasteiger partial charge in [-0.25, -0.2) is 13.7 Å². The van der Waals surface area contributed by atoms with Crippen LogP contribution in [0.3, 0.4) is 0 Å². The van der Waals surface area contributed by atoms with Crippen LogP contribution in [0.2, 0.25) is 0 Å². The normalized spacial score (nSPS) is 22.1. The number of nitrogens with one attached hydrogen (secondary N) is 1. The molecular weight excluding hydrogens is 388 g/mol. The molecule has 1 N–H and O–H groups in total. The SMILES string of the molecule is C[C@@H]1Cc2cc3c(c(NC(=O)/N=[SH](=O)\c4cnn5c4OCC(C)(C)C5)c21)CCC3. The average Bonchev–Trinajstić information content (AvgIpc) is 3.26. The number of aromatic nitrogens is 2. The number of nitrogens with zero attached hydrogens (tertiary/aromatic N) is 3. The van der Waals surface area contributed by atoms with Crippen molar-refractivity contribution in [1.29, 1.82) is 0 Å². The Hall–Kier alpha value is -2.35. The summed E-state index contributed by atoms with van der Waals surface area (Å²) in [5.41, 5.74) is 5.96. The van der Waals surface area contributed by atoms with Gasteiger partial charge in [-0.15, -0.1) is 4.36 Å². The average molecular weight is 415 g/mol. The van der Waals surface area contributed by atoms with Gasteiger partial charge in [-0.1, -0.05) is 26.8 Å². The van der Waals surface area contributed by atoms with E-state index >= 15 is 0 Å². The summed E-state index contributed by atoms with van der Waals surface area (Å²) in [6.07, 6.45) is 5.69. The van der Waals surface area contributed by atoms with E-state index in [1.165, 1.54) is 28.5 Å². The molecule has 1 aliphatic heterocycles. The molecular formula is C21H26N4O3S. The molecule has 154 valence electrons. The summed E-state index contributed by atoms with van der Waals surface area (Å²) in [6.45, 7) is 7.54. The van der Waals surface area contributed by atoms with Gasteiger partial charge in [-0.3, -0.25) is 0 Å². The first-order chi connectivity index (χ1) is 13.8. The van der Waals surface area contributed by atoms with Crippen LogP contribution >= 0.6 is 0 Å². The summed E-state index contributed by atoms with van der Waals surface area (Å²) in [4.78, 5) is 13.0. The lowest BCUT2D eigenvalue weighted by molar-refractivity contribution is 0.0972. The van der Waals surface area contributed by atoms with Gasteiger partial charge in [0.25, 0.3) is 0 Å². The quantitative estimate of drug-likeness (QED) is 0.734. The lowest BCUT2D eigenvalue weighted by Gasteiger charge is -2.31. The maximum absolute atomic E-state index is 12.8. The summed E-state index contributed by atoms with van der Waals surface area (Å²) < 4.78 is 24.2. The molecule has 0 spiro atoms. The number of anilines is 1. The van der Waals surface area contributed by atoms with Crippen LogP contribution in [0.5, 0.6) is 5.88 Å². The van der Waals surface area contributed by atoms with E-state index in [4.69, 9.17) is 4.74 Å². The van der Waals surface area contributed by atoms with Crippen LogP contribution in [0.25, 0.3) is 0 Å². The maximum atomic E-state index is 12.8. The van der Waals surface area contributed by atoms with Crippen LogP contribution < -0.4 is 10.1 Å². The van der Waals surface area contributed by atoms with Gasteiger partial charge < -0.3 is 10.1 Å². The van der Waals surface area contributed by atoms with E-state index in [9.17, 15) is 9.00 Å². The Morgan fingerprint density at radius 3 is 3.00 bits per heavy atom. The van der Waals surface area contributed by atoms with Crippen LogP contribution in [-0.4, -0.2) is 26.6 Å². The van der Waals surface area contributed by atoms with Crippen molar-refractivity contribution in [1.82, 2.24) is 9.78 Å². The number of carbonyl (C=O) groups is 1. The highest BCUT2D eigenvalue weighted by Gasteiger charge is 2.32. The molecule has 7 nitrogen and oxygen atoms in total. The van der Waals surface area contributed by atoms with Gasteiger partial charge in [0.1, 0.15) is 4.90 Å². The van der Waals surface area contributed by atoms with E-state index in [0.717, 1.165) is 31.4 Å². The number of thiol groups is 1. The lowest BCUT2D eigenvalue weighted by atomic mass is 9.75. The third kappa shape index (κ3) is 3.13. The molecule has 1 aromatic carbocycles. The van der Waals surface area contributed by atoms with Gasteiger partial charge >= 0.3 is 6.03 Å². The minimum absolute atomic E-state index is 0.0390. The number of hydrogen-bond donors (Lipinski definition) is 2. The smallest absolute Gasteiger partial charge is 0.353 e. The fourth-order valence-electron chi connectivity index (χ4n) is 4.74. The molecule has 0 saturated heterocycles. The van der Waals surface area contributed by atoms with Crippen LogP contribution in [0, 0.1) is 5.41 Å². The molecule has 2 atom stereocenters. The molecule has 2 amide bonds. The zero-order valence-electron chi connectivity index (χ0n) is 17.0. The molecule has 3 aliphatic rings. The molecule has 2 heterocycles. The van der Waals surface area contributed by atoms with E-state index in [1.807, 2.05) is 0 Å². The molecule has 0 radical (unpaired) electrons. The summed E-state index contributed by atoms with van der Waals surface area (Å²) in [5, 5.41) is 7.23. The molecule has 0 fully saturated rings. The fraction of sp³-hybridized carbons (Fsp3) is 0.524. The number of benzene rings is 1. The number of carbonyl (C=O) groups excluding carboxylic acids is 1. The van der Waals surface area contributed by atoms with E-state index in [0.29, 0.717) is 29.8 Å². The minimum atomic E-state index is -2.28. The highest BCUT2D eigenvalue weighted by atomic mass is 32.2. The zero-order chi connectivity index (χ0) is 20.3. The first-order valence-electron chi connectivity index (χ1n) is 10.2. The maximum Gasteiger partial charge on any atom is 0.353 e. The van der Waals surface area contributed by atoms with Gasteiger partial charge in [0.15, 0.2) is 0 Å². The zero-order valence-corrected chi connectivity index (χ0v) is 17.9. The Bertz CT molecular complexity index is 1110. The molecule has 8 heteroatoms. The van der Waals surface area contributed by atoms with E-state index in [2.05, 4.69) is 41.6 Å². The topological polar surface area (TPSA) is 85.6 Å². The Labute approximate surface area is 172 Å². The van der Waals surface area contributed by atoms with Gasteiger partial charge in [0, 0.05) is 11.1 Å². The van der Waals surface area contributed by atoms with Crippen molar-refractivity contribution in [2.75, 3.05) is 11.9 Å². The lowest BCUT2D eigenvalue weighted by Crippen LogP contribution is -2.33. The number of hydrogen-bond acceptors (Lipinski definition) is 4. The van der Waals surface area contributed by atoms with E-state index < -0.39 is 16.6 Å². The van der Waals surface area contributed by atoms with Crippen molar-refractivity contribution >= 4 is 22.3 Å². The Morgan fingerprint density at radius 2 is 2.21 bits per heavy atom. The predicted octanol–water partition coefficient (Wildman–Crippen LogP) is 3.71. The summed E-state index contributed by atoms with van der Waals surface area (Å²) in [7, 11) is -2.28. The molecule has 1 aromatic heterocycles. The molecule has 5 rings (SSSR count). The molecule has 2 aromatic rings. The third-order valence-electron chi connectivity index (χ3n) is 6.11. The van der Waals surface area contributed by atoms with Crippen molar-refractivity contribution in [3.8, 4) is 5.88 Å². The highest BCUT2D eigenvalue weighted by molar-refractivity contribution is 7.75. The number of amides is 2. The van der Waals surface area contributed by atoms with Crippen LogP contribution in [0.1, 0.15) is 55.4 Å². The van der Waals surface area contributed by atoms with Crippen molar-refractivity contribution in [2.45, 2.75) is 63.8 Å². The molecule has 0 saturated carbocycles. The number of aryl methyl sites for hydroxylation is 1.